The van der Waals surface area contributed by atoms with E-state index in [1.54, 1.807) is 0 Å². The molecule has 3 heteroatoms. The molecule has 0 aliphatic rings. The maximum absolute atomic E-state index is 12.1. The van der Waals surface area contributed by atoms with Crippen molar-refractivity contribution in [3.63, 3.8) is 0 Å². The third kappa shape index (κ3) is 6.91. The molecule has 0 amide bonds. The largest absolute Gasteiger partial charge is 0.481 e. The quantitative estimate of drug-likeness (QED) is 0.435. The molecule has 3 nitrogen and oxygen atoms in total. The van der Waals surface area contributed by atoms with Crippen molar-refractivity contribution in [3.05, 3.63) is 30.0 Å². The number of carboxylic acids is 1. The molecule has 0 aromatic rings. The molecule has 2 atom stereocenters. The predicted molar refractivity (Wildman–Crippen MR) is 90.8 cm³/mol. The Morgan fingerprint density at radius 1 is 1.23 bits per heavy atom. The zero-order valence-electron chi connectivity index (χ0n) is 14.4. The van der Waals surface area contributed by atoms with Crippen molar-refractivity contribution in [2.24, 2.45) is 11.3 Å². The number of ketones is 1. The third-order valence-corrected chi connectivity index (χ3v) is 4.16. The second-order valence-corrected chi connectivity index (χ2v) is 5.86. The second kappa shape index (κ2) is 11.0. The number of rotatable bonds is 11. The Kier molecular flexibility index (Phi) is 10.2. The lowest BCUT2D eigenvalue weighted by molar-refractivity contribution is -0.146. The van der Waals surface area contributed by atoms with Crippen molar-refractivity contribution < 1.29 is 14.7 Å². The highest BCUT2D eigenvalue weighted by Gasteiger charge is 2.41. The van der Waals surface area contributed by atoms with Gasteiger partial charge in [-0.2, -0.15) is 0 Å². The van der Waals surface area contributed by atoms with E-state index in [2.05, 4.69) is 12.7 Å². The average molecular weight is 306 g/mol. The highest BCUT2D eigenvalue weighted by Crippen LogP contribution is 2.40. The molecule has 2 unspecified atom stereocenters. The number of aliphatic carboxylic acids is 1. The number of carbonyl (C=O) groups excluding carboxylic acids is 1. The molecule has 124 valence electrons. The first-order valence-corrected chi connectivity index (χ1v) is 8.17. The maximum atomic E-state index is 12.1. The van der Waals surface area contributed by atoms with Crippen LogP contribution < -0.4 is 0 Å². The van der Waals surface area contributed by atoms with Crippen LogP contribution in [0.1, 0.15) is 66.2 Å². The molecule has 0 saturated carbocycles. The first-order valence-electron chi connectivity index (χ1n) is 8.17. The van der Waals surface area contributed by atoms with E-state index in [1.165, 1.54) is 6.92 Å². The summed E-state index contributed by atoms with van der Waals surface area (Å²) in [5.74, 6) is -0.886. The van der Waals surface area contributed by atoms with Gasteiger partial charge in [-0.15, -0.1) is 5.73 Å². The molecular weight excluding hydrogens is 276 g/mol. The normalized spacial score (nSPS) is 14.9. The first kappa shape index (κ1) is 20.4. The van der Waals surface area contributed by atoms with Crippen molar-refractivity contribution in [2.75, 3.05) is 0 Å². The summed E-state index contributed by atoms with van der Waals surface area (Å²) in [6, 6.07) is 0. The smallest absolute Gasteiger partial charge is 0.304 e. The molecule has 22 heavy (non-hydrogen) atoms. The van der Waals surface area contributed by atoms with Crippen molar-refractivity contribution in [3.8, 4) is 0 Å². The molecule has 0 spiro atoms. The molecular formula is C19H30O3. The van der Waals surface area contributed by atoms with E-state index in [0.29, 0.717) is 6.42 Å². The Bertz CT molecular complexity index is 442. The minimum atomic E-state index is -0.896. The van der Waals surface area contributed by atoms with Crippen LogP contribution in [-0.2, 0) is 9.59 Å². The fourth-order valence-corrected chi connectivity index (χ4v) is 2.83. The van der Waals surface area contributed by atoms with E-state index in [4.69, 9.17) is 0 Å². The van der Waals surface area contributed by atoms with Gasteiger partial charge in [-0.05, 0) is 50.7 Å². The standard InChI is InChI=1S/C19H30O3/c1-5-7-8-9-10-11-12-13-16(3)19(14-6-2,17(4)20)15-18(21)22/h7,9,11-12,16H,5-6,10,13-15H2,1-4H3,(H,21,22)/b12-11-. The summed E-state index contributed by atoms with van der Waals surface area (Å²) in [5, 5.41) is 9.18. The third-order valence-electron chi connectivity index (χ3n) is 4.16. The van der Waals surface area contributed by atoms with Gasteiger partial charge in [0, 0.05) is 5.41 Å². The Balaban J connectivity index is 4.86. The van der Waals surface area contributed by atoms with E-state index in [-0.39, 0.29) is 18.1 Å². The molecule has 0 aromatic heterocycles. The van der Waals surface area contributed by atoms with Crippen LogP contribution in [0.15, 0.2) is 30.0 Å². The Hall–Kier alpha value is -1.60. The van der Waals surface area contributed by atoms with Gasteiger partial charge < -0.3 is 5.11 Å². The summed E-state index contributed by atoms with van der Waals surface area (Å²) in [7, 11) is 0. The Labute approximate surface area is 134 Å². The van der Waals surface area contributed by atoms with Gasteiger partial charge >= 0.3 is 5.97 Å². The van der Waals surface area contributed by atoms with Crippen LogP contribution >= 0.6 is 0 Å². The van der Waals surface area contributed by atoms with Crippen LogP contribution in [0.5, 0.6) is 0 Å². The van der Waals surface area contributed by atoms with Gasteiger partial charge in [-0.3, -0.25) is 9.59 Å². The van der Waals surface area contributed by atoms with Gasteiger partial charge in [0.05, 0.1) is 6.42 Å². The average Bonchev–Trinajstić information content (AvgIpc) is 2.44. The lowest BCUT2D eigenvalue weighted by Crippen LogP contribution is -2.38. The van der Waals surface area contributed by atoms with Gasteiger partial charge in [-0.1, -0.05) is 39.3 Å². The number of hydrogen-bond acceptors (Lipinski definition) is 2. The van der Waals surface area contributed by atoms with Crippen molar-refractivity contribution in [1.29, 1.82) is 0 Å². The van der Waals surface area contributed by atoms with Gasteiger partial charge in [0.15, 0.2) is 0 Å². The number of carboxylic acid groups (broad SMARTS) is 1. The lowest BCUT2D eigenvalue weighted by atomic mass is 9.67. The van der Waals surface area contributed by atoms with E-state index < -0.39 is 11.4 Å². The van der Waals surface area contributed by atoms with Crippen LogP contribution in [0.4, 0.5) is 0 Å². The number of carbonyl (C=O) groups is 2. The number of hydrogen-bond donors (Lipinski definition) is 1. The van der Waals surface area contributed by atoms with Gasteiger partial charge in [0.25, 0.3) is 0 Å². The first-order chi connectivity index (χ1) is 10.4. The zero-order valence-corrected chi connectivity index (χ0v) is 14.4. The van der Waals surface area contributed by atoms with E-state index in [0.717, 1.165) is 25.7 Å². The van der Waals surface area contributed by atoms with Crippen LogP contribution in [-0.4, -0.2) is 16.9 Å². The molecule has 0 saturated heterocycles. The summed E-state index contributed by atoms with van der Waals surface area (Å²) >= 11 is 0. The summed E-state index contributed by atoms with van der Waals surface area (Å²) in [4.78, 5) is 23.3. The van der Waals surface area contributed by atoms with Crippen LogP contribution in [0.3, 0.4) is 0 Å². The predicted octanol–water partition coefficient (Wildman–Crippen LogP) is 4.93. The monoisotopic (exact) mass is 306 g/mol. The fourth-order valence-electron chi connectivity index (χ4n) is 2.83. The minimum Gasteiger partial charge on any atom is -0.481 e. The van der Waals surface area contributed by atoms with E-state index in [1.807, 2.05) is 38.2 Å². The van der Waals surface area contributed by atoms with Gasteiger partial charge in [0.1, 0.15) is 5.78 Å². The number of Topliss-reactive ketones (excluding diaryl/α,β-unsaturated/α-hetero) is 1. The highest BCUT2D eigenvalue weighted by molar-refractivity contribution is 5.87. The minimum absolute atomic E-state index is 0.0107. The molecule has 0 fully saturated rings. The zero-order chi connectivity index (χ0) is 17.0. The Morgan fingerprint density at radius 3 is 2.41 bits per heavy atom. The van der Waals surface area contributed by atoms with E-state index in [9.17, 15) is 14.7 Å². The van der Waals surface area contributed by atoms with E-state index >= 15 is 0 Å². The van der Waals surface area contributed by atoms with Crippen molar-refractivity contribution in [1.82, 2.24) is 0 Å². The van der Waals surface area contributed by atoms with Crippen LogP contribution in [0.25, 0.3) is 0 Å². The SMILES string of the molecule is CCC=C=CC/C=C\CC(C)C(CCC)(CC(=O)O)C(C)=O. The van der Waals surface area contributed by atoms with Gasteiger partial charge in [-0.25, -0.2) is 0 Å². The van der Waals surface area contributed by atoms with Crippen LogP contribution in [0.2, 0.25) is 0 Å². The number of allylic oxidation sites excluding steroid dienone is 3. The fraction of sp³-hybridized carbons (Fsp3) is 0.632. The molecule has 0 aromatic carbocycles. The van der Waals surface area contributed by atoms with Crippen LogP contribution in [0, 0.1) is 11.3 Å². The Morgan fingerprint density at radius 2 is 1.91 bits per heavy atom. The molecule has 0 radical (unpaired) electrons. The summed E-state index contributed by atoms with van der Waals surface area (Å²) in [5.41, 5.74) is 2.34. The van der Waals surface area contributed by atoms with Crippen molar-refractivity contribution >= 4 is 11.8 Å². The molecule has 0 aliphatic carbocycles. The summed E-state index contributed by atoms with van der Waals surface area (Å²) < 4.78 is 0. The second-order valence-electron chi connectivity index (χ2n) is 5.86. The molecule has 0 bridgehead atoms. The highest BCUT2D eigenvalue weighted by atomic mass is 16.4. The summed E-state index contributed by atoms with van der Waals surface area (Å²) in [6.45, 7) is 7.57. The lowest BCUT2D eigenvalue weighted by Gasteiger charge is -2.35. The van der Waals surface area contributed by atoms with Gasteiger partial charge in [0.2, 0.25) is 0 Å². The molecule has 0 aliphatic heterocycles. The summed E-state index contributed by atoms with van der Waals surface area (Å²) in [6.07, 6.45) is 11.9. The molecule has 1 N–H and O–H groups in total. The molecule has 0 rings (SSSR count). The molecule has 0 heterocycles. The topological polar surface area (TPSA) is 54.4 Å². The van der Waals surface area contributed by atoms with Crippen molar-refractivity contribution in [2.45, 2.75) is 66.2 Å². The maximum Gasteiger partial charge on any atom is 0.304 e.